The van der Waals surface area contributed by atoms with Gasteiger partial charge in [0.1, 0.15) is 5.82 Å². The number of hydrogen-bond donors (Lipinski definition) is 1. The molecular weight excluding hydrogens is 255 g/mol. The monoisotopic (exact) mass is 276 g/mol. The lowest BCUT2D eigenvalue weighted by molar-refractivity contribution is 0.303. The summed E-state index contributed by atoms with van der Waals surface area (Å²) in [5.41, 5.74) is 2.29. The Morgan fingerprint density at radius 1 is 1.25 bits per heavy atom. The van der Waals surface area contributed by atoms with Gasteiger partial charge in [0, 0.05) is 18.2 Å². The molecule has 0 aliphatic carbocycles. The molecule has 3 nitrogen and oxygen atoms in total. The number of nitrogens with zero attached hydrogens (tertiary/aromatic N) is 1. The van der Waals surface area contributed by atoms with Gasteiger partial charge in [-0.1, -0.05) is 12.1 Å². The van der Waals surface area contributed by atoms with E-state index in [1.165, 1.54) is 17.7 Å². The van der Waals surface area contributed by atoms with E-state index in [4.69, 9.17) is 4.42 Å². The van der Waals surface area contributed by atoms with Gasteiger partial charge in [0.25, 0.3) is 0 Å². The minimum atomic E-state index is -0.194. The molecule has 108 valence electrons. The molecule has 0 saturated carbocycles. The molecule has 2 rings (SSSR count). The molecular formula is C16H21FN2O. The lowest BCUT2D eigenvalue weighted by Gasteiger charge is -2.21. The van der Waals surface area contributed by atoms with Crippen LogP contribution in [0.4, 0.5) is 4.39 Å². The third-order valence-electron chi connectivity index (χ3n) is 3.45. The fraction of sp³-hybridized carbons (Fsp3) is 0.375. The van der Waals surface area contributed by atoms with Gasteiger partial charge in [0.2, 0.25) is 0 Å². The summed E-state index contributed by atoms with van der Waals surface area (Å²) in [4.78, 5) is 2.25. The lowest BCUT2D eigenvalue weighted by atomic mass is 10.0. The van der Waals surface area contributed by atoms with Crippen LogP contribution in [0, 0.1) is 5.82 Å². The van der Waals surface area contributed by atoms with Gasteiger partial charge in [0.15, 0.2) is 0 Å². The smallest absolute Gasteiger partial charge is 0.123 e. The zero-order chi connectivity index (χ0) is 14.4. The minimum absolute atomic E-state index is 0.194. The van der Waals surface area contributed by atoms with E-state index < -0.39 is 0 Å². The third kappa shape index (κ3) is 4.18. The van der Waals surface area contributed by atoms with Crippen molar-refractivity contribution in [2.75, 3.05) is 20.6 Å². The van der Waals surface area contributed by atoms with Gasteiger partial charge in [-0.3, -0.25) is 0 Å². The van der Waals surface area contributed by atoms with Crippen molar-refractivity contribution in [3.05, 3.63) is 59.8 Å². The first-order chi connectivity index (χ1) is 9.69. The molecule has 0 saturated heterocycles. The highest BCUT2D eigenvalue weighted by molar-refractivity contribution is 5.19. The molecule has 1 aromatic carbocycles. The highest BCUT2D eigenvalue weighted by Gasteiger charge is 2.11. The van der Waals surface area contributed by atoms with Crippen molar-refractivity contribution in [1.82, 2.24) is 10.2 Å². The first-order valence-corrected chi connectivity index (χ1v) is 6.81. The van der Waals surface area contributed by atoms with E-state index in [0.717, 1.165) is 25.1 Å². The summed E-state index contributed by atoms with van der Waals surface area (Å²) in [5, 5.41) is 3.28. The maximum Gasteiger partial charge on any atom is 0.123 e. The first-order valence-electron chi connectivity index (χ1n) is 6.81. The molecule has 0 radical (unpaired) electrons. The standard InChI is InChI=1S/C16H21FN2O/c1-18-16(14-3-5-15(17)6-4-14)7-9-19(2)11-13-8-10-20-12-13/h3-6,8,10,12,16,18H,7,9,11H2,1-2H3. The fourth-order valence-electron chi connectivity index (χ4n) is 2.30. The van der Waals surface area contributed by atoms with E-state index in [0.29, 0.717) is 0 Å². The molecule has 2 aromatic rings. The van der Waals surface area contributed by atoms with Crippen LogP contribution in [0.5, 0.6) is 0 Å². The highest BCUT2D eigenvalue weighted by atomic mass is 19.1. The lowest BCUT2D eigenvalue weighted by Crippen LogP contribution is -2.25. The second kappa shape index (κ2) is 7.22. The van der Waals surface area contributed by atoms with Gasteiger partial charge in [-0.05, 0) is 50.8 Å². The summed E-state index contributed by atoms with van der Waals surface area (Å²) in [6.45, 7) is 1.82. The van der Waals surface area contributed by atoms with Crippen LogP contribution in [0.3, 0.4) is 0 Å². The predicted octanol–water partition coefficient (Wildman–Crippen LogP) is 3.20. The van der Waals surface area contributed by atoms with Gasteiger partial charge >= 0.3 is 0 Å². The highest BCUT2D eigenvalue weighted by Crippen LogP contribution is 2.17. The Kier molecular flexibility index (Phi) is 5.32. The van der Waals surface area contributed by atoms with Crippen molar-refractivity contribution >= 4 is 0 Å². The van der Waals surface area contributed by atoms with Gasteiger partial charge in [-0.2, -0.15) is 0 Å². The Morgan fingerprint density at radius 2 is 2.00 bits per heavy atom. The van der Waals surface area contributed by atoms with E-state index in [1.54, 1.807) is 12.5 Å². The summed E-state index contributed by atoms with van der Waals surface area (Å²) < 4.78 is 18.0. The van der Waals surface area contributed by atoms with E-state index in [-0.39, 0.29) is 11.9 Å². The number of rotatable bonds is 7. The van der Waals surface area contributed by atoms with Crippen LogP contribution >= 0.6 is 0 Å². The molecule has 1 atom stereocenters. The summed E-state index contributed by atoms with van der Waals surface area (Å²) in [6.07, 6.45) is 4.43. The van der Waals surface area contributed by atoms with Crippen molar-refractivity contribution in [2.45, 2.75) is 19.0 Å². The van der Waals surface area contributed by atoms with Crippen LogP contribution in [0.1, 0.15) is 23.6 Å². The van der Waals surface area contributed by atoms with Gasteiger partial charge in [0.05, 0.1) is 12.5 Å². The van der Waals surface area contributed by atoms with Gasteiger partial charge < -0.3 is 14.6 Å². The number of furan rings is 1. The normalized spacial score (nSPS) is 12.8. The second-order valence-corrected chi connectivity index (χ2v) is 5.05. The topological polar surface area (TPSA) is 28.4 Å². The van der Waals surface area contributed by atoms with Crippen LogP contribution in [-0.4, -0.2) is 25.5 Å². The zero-order valence-corrected chi connectivity index (χ0v) is 12.0. The molecule has 0 aliphatic heterocycles. The second-order valence-electron chi connectivity index (χ2n) is 5.05. The van der Waals surface area contributed by atoms with Crippen molar-refractivity contribution < 1.29 is 8.81 Å². The van der Waals surface area contributed by atoms with Crippen molar-refractivity contribution in [3.63, 3.8) is 0 Å². The van der Waals surface area contributed by atoms with Gasteiger partial charge in [-0.15, -0.1) is 0 Å². The van der Waals surface area contributed by atoms with Gasteiger partial charge in [-0.25, -0.2) is 4.39 Å². The Hall–Kier alpha value is -1.65. The molecule has 1 N–H and O–H groups in total. The Bertz CT molecular complexity index is 496. The number of benzene rings is 1. The maximum absolute atomic E-state index is 12.9. The zero-order valence-electron chi connectivity index (χ0n) is 12.0. The molecule has 0 fully saturated rings. The Labute approximate surface area is 119 Å². The Balaban J connectivity index is 1.85. The van der Waals surface area contributed by atoms with Crippen LogP contribution in [0.15, 0.2) is 47.3 Å². The minimum Gasteiger partial charge on any atom is -0.472 e. The largest absolute Gasteiger partial charge is 0.472 e. The number of hydrogen-bond acceptors (Lipinski definition) is 3. The number of halogens is 1. The van der Waals surface area contributed by atoms with Crippen molar-refractivity contribution in [1.29, 1.82) is 0 Å². The molecule has 0 aliphatic rings. The summed E-state index contributed by atoms with van der Waals surface area (Å²) in [7, 11) is 4.02. The van der Waals surface area contributed by atoms with Crippen molar-refractivity contribution in [2.24, 2.45) is 0 Å². The molecule has 4 heteroatoms. The van der Waals surface area contributed by atoms with Crippen molar-refractivity contribution in [3.8, 4) is 0 Å². The quantitative estimate of drug-likeness (QED) is 0.842. The number of nitrogens with one attached hydrogen (secondary N) is 1. The first kappa shape index (κ1) is 14.8. The SMILES string of the molecule is CNC(CCN(C)Cc1ccoc1)c1ccc(F)cc1. The fourth-order valence-corrected chi connectivity index (χ4v) is 2.30. The van der Waals surface area contributed by atoms with Crippen LogP contribution in [-0.2, 0) is 6.54 Å². The predicted molar refractivity (Wildman–Crippen MR) is 77.9 cm³/mol. The molecule has 20 heavy (non-hydrogen) atoms. The Morgan fingerprint density at radius 3 is 2.60 bits per heavy atom. The van der Waals surface area contributed by atoms with E-state index in [1.807, 2.05) is 25.2 Å². The van der Waals surface area contributed by atoms with E-state index in [9.17, 15) is 4.39 Å². The van der Waals surface area contributed by atoms with Crippen LogP contribution < -0.4 is 5.32 Å². The summed E-state index contributed by atoms with van der Waals surface area (Å²) in [5.74, 6) is -0.194. The molecule has 0 amide bonds. The molecule has 1 aromatic heterocycles. The maximum atomic E-state index is 12.9. The third-order valence-corrected chi connectivity index (χ3v) is 3.45. The van der Waals surface area contributed by atoms with Crippen LogP contribution in [0.25, 0.3) is 0 Å². The molecule has 0 spiro atoms. The van der Waals surface area contributed by atoms with Crippen LogP contribution in [0.2, 0.25) is 0 Å². The molecule has 1 heterocycles. The summed E-state index contributed by atoms with van der Waals surface area (Å²) in [6, 6.07) is 8.91. The average molecular weight is 276 g/mol. The van der Waals surface area contributed by atoms with E-state index >= 15 is 0 Å². The summed E-state index contributed by atoms with van der Waals surface area (Å²) >= 11 is 0. The average Bonchev–Trinajstić information content (AvgIpc) is 2.94. The van der Waals surface area contributed by atoms with E-state index in [2.05, 4.69) is 17.3 Å². The molecule has 1 unspecified atom stereocenters. The molecule has 0 bridgehead atoms.